The van der Waals surface area contributed by atoms with E-state index < -0.39 is 6.04 Å². The van der Waals surface area contributed by atoms with Gasteiger partial charge in [-0.3, -0.25) is 14.6 Å². The van der Waals surface area contributed by atoms with E-state index in [0.29, 0.717) is 23.1 Å². The molecule has 31 heavy (non-hydrogen) atoms. The minimum Gasteiger partial charge on any atom is -0.450 e. The molecule has 0 N–H and O–H groups in total. The van der Waals surface area contributed by atoms with Gasteiger partial charge in [-0.2, -0.15) is 0 Å². The van der Waals surface area contributed by atoms with Crippen LogP contribution in [0.2, 0.25) is 0 Å². The average molecular weight is 413 g/mol. The highest BCUT2D eigenvalue weighted by Crippen LogP contribution is 2.39. The van der Waals surface area contributed by atoms with E-state index in [1.807, 2.05) is 56.6 Å². The molecular formula is C25H23N3O3. The number of pyridine rings is 1. The Morgan fingerprint density at radius 2 is 1.77 bits per heavy atom. The van der Waals surface area contributed by atoms with Gasteiger partial charge < -0.3 is 14.2 Å². The van der Waals surface area contributed by atoms with E-state index >= 15 is 0 Å². The van der Waals surface area contributed by atoms with Gasteiger partial charge in [0.25, 0.3) is 5.91 Å². The normalized spacial score (nSPS) is 15.9. The second kappa shape index (κ2) is 7.63. The Morgan fingerprint density at radius 3 is 2.55 bits per heavy atom. The van der Waals surface area contributed by atoms with Crippen LogP contribution in [0.1, 0.15) is 34.1 Å². The zero-order valence-corrected chi connectivity index (χ0v) is 17.5. The van der Waals surface area contributed by atoms with Crippen molar-refractivity contribution >= 4 is 27.6 Å². The number of rotatable bonds is 5. The average Bonchev–Trinajstić information content (AvgIpc) is 3.06. The van der Waals surface area contributed by atoms with Gasteiger partial charge in [0.15, 0.2) is 5.43 Å². The molecule has 3 heterocycles. The highest BCUT2D eigenvalue weighted by atomic mass is 16.3. The third kappa shape index (κ3) is 3.20. The fourth-order valence-corrected chi connectivity index (χ4v) is 4.43. The molecule has 4 aromatic rings. The first kappa shape index (κ1) is 19.5. The molecule has 1 aliphatic rings. The van der Waals surface area contributed by atoms with Gasteiger partial charge in [-0.1, -0.05) is 30.3 Å². The fraction of sp³-hybridized carbons (Fsp3) is 0.240. The van der Waals surface area contributed by atoms with Crippen LogP contribution >= 0.6 is 0 Å². The van der Waals surface area contributed by atoms with Crippen LogP contribution in [0, 0.1) is 0 Å². The summed E-state index contributed by atoms with van der Waals surface area (Å²) in [4.78, 5) is 35.0. The first-order valence-electron chi connectivity index (χ1n) is 10.4. The number of fused-ring (bicyclic) bond motifs is 4. The first-order valence-corrected chi connectivity index (χ1v) is 10.4. The third-order valence-electron chi connectivity index (χ3n) is 5.88. The molecule has 6 heteroatoms. The predicted octanol–water partition coefficient (Wildman–Crippen LogP) is 3.84. The van der Waals surface area contributed by atoms with Crippen molar-refractivity contribution in [1.82, 2.24) is 14.8 Å². The maximum absolute atomic E-state index is 13.7. The van der Waals surface area contributed by atoms with Gasteiger partial charge in [-0.15, -0.1) is 0 Å². The summed E-state index contributed by atoms with van der Waals surface area (Å²) in [6, 6.07) is 14.7. The Labute approximate surface area is 179 Å². The number of amides is 1. The Bertz CT molecular complexity index is 1340. The van der Waals surface area contributed by atoms with Gasteiger partial charge in [0.1, 0.15) is 5.58 Å². The molecule has 6 nitrogen and oxygen atoms in total. The molecule has 2 aromatic heterocycles. The molecule has 0 saturated heterocycles. The Kier molecular flexibility index (Phi) is 4.79. The van der Waals surface area contributed by atoms with E-state index in [1.165, 1.54) is 0 Å². The van der Waals surface area contributed by atoms with Gasteiger partial charge >= 0.3 is 0 Å². The minimum absolute atomic E-state index is 0.146. The molecule has 0 spiro atoms. The lowest BCUT2D eigenvalue weighted by atomic mass is 9.98. The topological polar surface area (TPSA) is 66.7 Å². The third-order valence-corrected chi connectivity index (χ3v) is 5.88. The highest BCUT2D eigenvalue weighted by Gasteiger charge is 2.42. The second-order valence-electron chi connectivity index (χ2n) is 8.18. The Hall–Kier alpha value is -3.51. The van der Waals surface area contributed by atoms with Crippen molar-refractivity contribution in [2.24, 2.45) is 0 Å². The molecule has 156 valence electrons. The van der Waals surface area contributed by atoms with E-state index in [4.69, 9.17) is 4.42 Å². The first-order chi connectivity index (χ1) is 15.1. The molecule has 1 aliphatic heterocycles. The molecule has 0 aliphatic carbocycles. The summed E-state index contributed by atoms with van der Waals surface area (Å²) in [5, 5.41) is 2.30. The standard InChI is InChI=1S/C25H23N3O3/c1-27(2)14-5-15-28-21(17-10-12-26-13-11-17)20-22(29)19-9-8-16-6-3-4-7-18(16)23(19)31-24(20)25(28)30/h3-4,6-13,21H,5,14-15H2,1-2H3/t21-/m1/s1. The highest BCUT2D eigenvalue weighted by molar-refractivity contribution is 6.06. The number of benzene rings is 2. The van der Waals surface area contributed by atoms with E-state index in [2.05, 4.69) is 9.88 Å². The summed E-state index contributed by atoms with van der Waals surface area (Å²) < 4.78 is 6.20. The lowest BCUT2D eigenvalue weighted by molar-refractivity contribution is 0.0722. The summed E-state index contributed by atoms with van der Waals surface area (Å²) >= 11 is 0. The summed E-state index contributed by atoms with van der Waals surface area (Å²) in [6.45, 7) is 1.38. The number of carbonyl (C=O) groups excluding carboxylic acids is 1. The monoisotopic (exact) mass is 413 g/mol. The number of hydrogen-bond donors (Lipinski definition) is 0. The van der Waals surface area contributed by atoms with Crippen LogP contribution in [0.4, 0.5) is 0 Å². The SMILES string of the molecule is CN(C)CCCN1C(=O)c2oc3c(ccc4ccccc43)c(=O)c2[C@H]1c1ccncc1. The summed E-state index contributed by atoms with van der Waals surface area (Å²) in [5.41, 5.74) is 1.61. The van der Waals surface area contributed by atoms with Crippen LogP contribution in [0.5, 0.6) is 0 Å². The van der Waals surface area contributed by atoms with Gasteiger partial charge in [0.05, 0.1) is 17.0 Å². The van der Waals surface area contributed by atoms with Crippen LogP contribution in [0.15, 0.2) is 70.1 Å². The maximum atomic E-state index is 13.7. The molecule has 5 rings (SSSR count). The van der Waals surface area contributed by atoms with Crippen molar-refractivity contribution < 1.29 is 9.21 Å². The van der Waals surface area contributed by atoms with Crippen molar-refractivity contribution in [3.05, 3.63) is 88.0 Å². The molecular weight excluding hydrogens is 390 g/mol. The van der Waals surface area contributed by atoms with Crippen LogP contribution < -0.4 is 5.43 Å². The summed E-state index contributed by atoms with van der Waals surface area (Å²) in [5.74, 6) is -0.0805. The molecule has 1 atom stereocenters. The smallest absolute Gasteiger partial charge is 0.290 e. The van der Waals surface area contributed by atoms with E-state index in [1.54, 1.807) is 23.4 Å². The molecule has 0 fully saturated rings. The second-order valence-corrected chi connectivity index (χ2v) is 8.18. The van der Waals surface area contributed by atoms with Gasteiger partial charge in [0, 0.05) is 24.3 Å². The number of carbonyl (C=O) groups is 1. The zero-order chi connectivity index (χ0) is 21.5. The molecule has 0 saturated carbocycles. The van der Waals surface area contributed by atoms with Crippen LogP contribution in [0.3, 0.4) is 0 Å². The van der Waals surface area contributed by atoms with Gasteiger partial charge in [-0.25, -0.2) is 0 Å². The number of nitrogens with zero attached hydrogens (tertiary/aromatic N) is 3. The van der Waals surface area contributed by atoms with Crippen molar-refractivity contribution in [2.75, 3.05) is 27.2 Å². The van der Waals surface area contributed by atoms with Crippen molar-refractivity contribution in [3.63, 3.8) is 0 Å². The van der Waals surface area contributed by atoms with E-state index in [9.17, 15) is 9.59 Å². The van der Waals surface area contributed by atoms with Crippen molar-refractivity contribution in [1.29, 1.82) is 0 Å². The zero-order valence-electron chi connectivity index (χ0n) is 17.5. The number of aromatic nitrogens is 1. The van der Waals surface area contributed by atoms with Crippen molar-refractivity contribution in [3.8, 4) is 0 Å². The van der Waals surface area contributed by atoms with Crippen LogP contribution in [-0.2, 0) is 0 Å². The van der Waals surface area contributed by atoms with Crippen molar-refractivity contribution in [2.45, 2.75) is 12.5 Å². The predicted molar refractivity (Wildman–Crippen MR) is 120 cm³/mol. The largest absolute Gasteiger partial charge is 0.450 e. The summed E-state index contributed by atoms with van der Waals surface area (Å²) in [6.07, 6.45) is 4.17. The molecule has 0 unspecified atom stereocenters. The quantitative estimate of drug-likeness (QED) is 0.465. The minimum atomic E-state index is -0.472. The van der Waals surface area contributed by atoms with E-state index in [-0.39, 0.29) is 17.1 Å². The molecule has 2 aromatic carbocycles. The molecule has 0 bridgehead atoms. The Morgan fingerprint density at radius 1 is 1.00 bits per heavy atom. The summed E-state index contributed by atoms with van der Waals surface area (Å²) in [7, 11) is 4.01. The molecule has 1 amide bonds. The maximum Gasteiger partial charge on any atom is 0.290 e. The molecule has 0 radical (unpaired) electrons. The fourth-order valence-electron chi connectivity index (χ4n) is 4.43. The lowest BCUT2D eigenvalue weighted by Gasteiger charge is -2.25. The van der Waals surface area contributed by atoms with Gasteiger partial charge in [-0.05, 0) is 56.2 Å². The van der Waals surface area contributed by atoms with Crippen LogP contribution in [-0.4, -0.2) is 47.9 Å². The van der Waals surface area contributed by atoms with Crippen LogP contribution in [0.25, 0.3) is 21.7 Å². The lowest BCUT2D eigenvalue weighted by Crippen LogP contribution is -2.32. The Balaban J connectivity index is 1.72. The van der Waals surface area contributed by atoms with Gasteiger partial charge in [0.2, 0.25) is 5.76 Å². The number of hydrogen-bond acceptors (Lipinski definition) is 5. The van der Waals surface area contributed by atoms with E-state index in [0.717, 1.165) is 29.3 Å².